The first-order chi connectivity index (χ1) is 15.1. The van der Waals surface area contributed by atoms with E-state index in [1.807, 2.05) is 48.5 Å². The minimum atomic E-state index is -0.492. The summed E-state index contributed by atoms with van der Waals surface area (Å²) in [6, 6.07) is 24.0. The number of fused-ring (bicyclic) bond motifs is 3. The zero-order valence-electron chi connectivity index (χ0n) is 17.4. The Bertz CT molecular complexity index is 1140. The quantitative estimate of drug-likeness (QED) is 0.621. The van der Waals surface area contributed by atoms with Gasteiger partial charge in [0.2, 0.25) is 0 Å². The molecule has 3 aromatic rings. The first-order valence-electron chi connectivity index (χ1n) is 10.3. The van der Waals surface area contributed by atoms with Crippen LogP contribution in [-0.4, -0.2) is 25.0 Å². The predicted octanol–water partition coefficient (Wildman–Crippen LogP) is 4.71. The largest absolute Gasteiger partial charge is 0.449 e. The normalized spacial score (nSPS) is 11.6. The lowest BCUT2D eigenvalue weighted by Crippen LogP contribution is -2.26. The third-order valence-corrected chi connectivity index (χ3v) is 5.34. The molecule has 154 valence electrons. The molecule has 0 saturated carbocycles. The molecule has 0 saturated heterocycles. The fourth-order valence-corrected chi connectivity index (χ4v) is 3.97. The van der Waals surface area contributed by atoms with Crippen molar-refractivity contribution in [1.29, 1.82) is 0 Å². The van der Waals surface area contributed by atoms with E-state index in [2.05, 4.69) is 41.4 Å². The maximum Gasteiger partial charge on any atom is 0.407 e. The van der Waals surface area contributed by atoms with Crippen LogP contribution < -0.4 is 5.32 Å². The second-order valence-corrected chi connectivity index (χ2v) is 7.52. The van der Waals surface area contributed by atoms with Crippen LogP contribution in [0.4, 0.5) is 4.79 Å². The van der Waals surface area contributed by atoms with Gasteiger partial charge in [0.25, 0.3) is 0 Å². The van der Waals surface area contributed by atoms with Crippen LogP contribution in [0.15, 0.2) is 72.8 Å². The highest BCUT2D eigenvalue weighted by molar-refractivity contribution is 5.79. The number of rotatable bonds is 5. The van der Waals surface area contributed by atoms with Crippen molar-refractivity contribution in [1.82, 2.24) is 5.32 Å². The molecule has 4 heteroatoms. The SMILES string of the molecule is CC(=O)Cc1ccccc1C#CCNC(=O)OCC1c2ccccc2-c2ccccc21. The van der Waals surface area contributed by atoms with E-state index in [0.717, 1.165) is 11.1 Å². The molecular formula is C27H23NO3. The van der Waals surface area contributed by atoms with Crippen molar-refractivity contribution in [2.75, 3.05) is 13.2 Å². The number of amides is 1. The van der Waals surface area contributed by atoms with Crippen LogP contribution >= 0.6 is 0 Å². The Labute approximate surface area is 182 Å². The Hall–Kier alpha value is -3.84. The molecule has 0 fully saturated rings. The van der Waals surface area contributed by atoms with Crippen LogP contribution in [-0.2, 0) is 16.0 Å². The van der Waals surface area contributed by atoms with Crippen LogP contribution in [0.3, 0.4) is 0 Å². The van der Waals surface area contributed by atoms with Gasteiger partial charge in [0.05, 0.1) is 6.54 Å². The third kappa shape index (κ3) is 4.67. The molecule has 0 radical (unpaired) electrons. The number of hydrogen-bond acceptors (Lipinski definition) is 3. The van der Waals surface area contributed by atoms with Crippen molar-refractivity contribution in [3.05, 3.63) is 95.1 Å². The molecule has 0 aliphatic heterocycles. The second-order valence-electron chi connectivity index (χ2n) is 7.52. The molecule has 0 heterocycles. The van der Waals surface area contributed by atoms with Crippen molar-refractivity contribution in [3.8, 4) is 23.0 Å². The maximum atomic E-state index is 12.2. The molecular weight excluding hydrogens is 386 g/mol. The zero-order chi connectivity index (χ0) is 21.6. The van der Waals surface area contributed by atoms with E-state index in [-0.39, 0.29) is 24.9 Å². The summed E-state index contributed by atoms with van der Waals surface area (Å²) < 4.78 is 5.51. The van der Waals surface area contributed by atoms with Gasteiger partial charge in [-0.2, -0.15) is 0 Å². The fraction of sp³-hybridized carbons (Fsp3) is 0.185. The van der Waals surface area contributed by atoms with Crippen LogP contribution in [0.5, 0.6) is 0 Å². The minimum absolute atomic E-state index is 0.0303. The number of nitrogens with one attached hydrogen (secondary N) is 1. The Kier molecular flexibility index (Phi) is 6.14. The molecule has 3 aromatic carbocycles. The number of hydrogen-bond donors (Lipinski definition) is 1. The van der Waals surface area contributed by atoms with Gasteiger partial charge in [-0.15, -0.1) is 0 Å². The van der Waals surface area contributed by atoms with Crippen molar-refractivity contribution < 1.29 is 14.3 Å². The Balaban J connectivity index is 1.35. The van der Waals surface area contributed by atoms with Crippen molar-refractivity contribution in [2.45, 2.75) is 19.3 Å². The summed E-state index contributed by atoms with van der Waals surface area (Å²) in [5.41, 5.74) is 6.44. The molecule has 0 spiro atoms. The van der Waals surface area contributed by atoms with Gasteiger partial charge in [-0.1, -0.05) is 78.6 Å². The number of ether oxygens (including phenoxy) is 1. The van der Waals surface area contributed by atoms with E-state index < -0.39 is 6.09 Å². The predicted molar refractivity (Wildman–Crippen MR) is 121 cm³/mol. The van der Waals surface area contributed by atoms with Gasteiger partial charge in [0.1, 0.15) is 12.4 Å². The summed E-state index contributed by atoms with van der Waals surface area (Å²) in [6.07, 6.45) is -0.141. The molecule has 0 bridgehead atoms. The lowest BCUT2D eigenvalue weighted by atomic mass is 9.98. The van der Waals surface area contributed by atoms with E-state index in [1.165, 1.54) is 22.3 Å². The first-order valence-corrected chi connectivity index (χ1v) is 10.3. The third-order valence-electron chi connectivity index (χ3n) is 5.34. The second kappa shape index (κ2) is 9.32. The molecule has 0 aromatic heterocycles. The van der Waals surface area contributed by atoms with Gasteiger partial charge in [-0.05, 0) is 40.8 Å². The van der Waals surface area contributed by atoms with Crippen molar-refractivity contribution in [3.63, 3.8) is 0 Å². The molecule has 1 amide bonds. The zero-order valence-corrected chi connectivity index (χ0v) is 17.4. The first kappa shape index (κ1) is 20.4. The number of alkyl carbamates (subject to hydrolysis) is 1. The summed E-state index contributed by atoms with van der Waals surface area (Å²) in [5.74, 6) is 6.08. The van der Waals surface area contributed by atoms with E-state index in [9.17, 15) is 9.59 Å². The van der Waals surface area contributed by atoms with Crippen molar-refractivity contribution in [2.24, 2.45) is 0 Å². The van der Waals surface area contributed by atoms with E-state index in [1.54, 1.807) is 6.92 Å². The van der Waals surface area contributed by atoms with Crippen LogP contribution in [0.2, 0.25) is 0 Å². The molecule has 1 N–H and O–H groups in total. The summed E-state index contributed by atoms with van der Waals surface area (Å²) in [6.45, 7) is 2.00. The molecule has 31 heavy (non-hydrogen) atoms. The molecule has 0 atom stereocenters. The Morgan fingerprint density at radius 2 is 1.52 bits per heavy atom. The number of carbonyl (C=O) groups is 2. The van der Waals surface area contributed by atoms with Crippen LogP contribution in [0.1, 0.15) is 35.1 Å². The molecule has 4 rings (SSSR count). The summed E-state index contributed by atoms with van der Waals surface area (Å²) in [4.78, 5) is 23.6. The minimum Gasteiger partial charge on any atom is -0.449 e. The monoisotopic (exact) mass is 409 g/mol. The van der Waals surface area contributed by atoms with E-state index >= 15 is 0 Å². The summed E-state index contributed by atoms with van der Waals surface area (Å²) in [5, 5.41) is 2.68. The van der Waals surface area contributed by atoms with Crippen LogP contribution in [0.25, 0.3) is 11.1 Å². The highest BCUT2D eigenvalue weighted by atomic mass is 16.5. The van der Waals surface area contributed by atoms with Gasteiger partial charge in [0, 0.05) is 17.9 Å². The number of ketones is 1. The highest BCUT2D eigenvalue weighted by Crippen LogP contribution is 2.44. The number of carbonyl (C=O) groups excluding carboxylic acids is 2. The maximum absolute atomic E-state index is 12.2. The van der Waals surface area contributed by atoms with Gasteiger partial charge in [0.15, 0.2) is 0 Å². The van der Waals surface area contributed by atoms with Crippen LogP contribution in [0, 0.1) is 11.8 Å². The van der Waals surface area contributed by atoms with Gasteiger partial charge < -0.3 is 10.1 Å². The molecule has 4 nitrogen and oxygen atoms in total. The van der Waals surface area contributed by atoms with Gasteiger partial charge in [-0.3, -0.25) is 4.79 Å². The smallest absolute Gasteiger partial charge is 0.407 e. The summed E-state index contributed by atoms with van der Waals surface area (Å²) >= 11 is 0. The molecule has 0 unspecified atom stereocenters. The highest BCUT2D eigenvalue weighted by Gasteiger charge is 2.28. The topological polar surface area (TPSA) is 55.4 Å². The number of benzene rings is 3. The lowest BCUT2D eigenvalue weighted by molar-refractivity contribution is -0.116. The Morgan fingerprint density at radius 3 is 2.19 bits per heavy atom. The Morgan fingerprint density at radius 1 is 0.903 bits per heavy atom. The van der Waals surface area contributed by atoms with E-state index in [0.29, 0.717) is 6.42 Å². The molecule has 1 aliphatic rings. The molecule has 1 aliphatic carbocycles. The van der Waals surface area contributed by atoms with Gasteiger partial charge >= 0.3 is 6.09 Å². The lowest BCUT2D eigenvalue weighted by Gasteiger charge is -2.14. The number of Topliss-reactive ketones (excluding diaryl/α,β-unsaturated/α-hetero) is 1. The average molecular weight is 409 g/mol. The summed E-state index contributed by atoms with van der Waals surface area (Å²) in [7, 11) is 0. The average Bonchev–Trinajstić information content (AvgIpc) is 3.10. The van der Waals surface area contributed by atoms with E-state index in [4.69, 9.17) is 4.74 Å². The standard InChI is InChI=1S/C27H23NO3/c1-19(29)17-21-10-3-2-9-20(21)11-8-16-28-27(30)31-18-26-24-14-6-4-12-22(24)23-13-5-7-15-25(23)26/h2-7,9-10,12-15,26H,16-18H2,1H3,(H,28,30). The van der Waals surface area contributed by atoms with Crippen molar-refractivity contribution >= 4 is 11.9 Å². The van der Waals surface area contributed by atoms with Gasteiger partial charge in [-0.25, -0.2) is 4.79 Å². The fourth-order valence-electron chi connectivity index (χ4n) is 3.97.